The van der Waals surface area contributed by atoms with Gasteiger partial charge in [-0.25, -0.2) is 4.90 Å². The smallest absolute Gasteiger partial charge is 0.267 e. The lowest BCUT2D eigenvalue weighted by Gasteiger charge is -2.14. The summed E-state index contributed by atoms with van der Waals surface area (Å²) in [4.78, 5) is 30.0. The highest BCUT2D eigenvalue weighted by Crippen LogP contribution is 2.27. The molecule has 21 heavy (non-hydrogen) atoms. The van der Waals surface area contributed by atoms with Crippen LogP contribution in [0.5, 0.6) is 0 Å². The molecular weight excluding hydrogens is 286 g/mol. The number of amides is 2. The van der Waals surface area contributed by atoms with Crippen molar-refractivity contribution in [3.63, 3.8) is 0 Å². The maximum absolute atomic E-state index is 12.3. The molecule has 0 saturated carbocycles. The number of nitrogens with zero attached hydrogens (tertiary/aromatic N) is 2. The topological polar surface area (TPSA) is 76.3 Å². The van der Waals surface area contributed by atoms with Crippen LogP contribution in [-0.4, -0.2) is 21.8 Å². The van der Waals surface area contributed by atoms with Crippen LogP contribution in [0.3, 0.4) is 0 Å². The van der Waals surface area contributed by atoms with Gasteiger partial charge in [0.15, 0.2) is 0 Å². The van der Waals surface area contributed by atoms with E-state index in [1.807, 2.05) is 0 Å². The van der Waals surface area contributed by atoms with Crippen LogP contribution in [0, 0.1) is 0 Å². The SMILES string of the molecule is NC(=S)Cc1ccc(N2C(=O)c3ccncc3C2=O)cc1. The third-order valence-corrected chi connectivity index (χ3v) is 3.41. The summed E-state index contributed by atoms with van der Waals surface area (Å²) in [5.74, 6) is -0.690. The number of thiocarbonyl (C=S) groups is 1. The number of hydrogen-bond acceptors (Lipinski definition) is 4. The number of imide groups is 1. The van der Waals surface area contributed by atoms with E-state index >= 15 is 0 Å². The van der Waals surface area contributed by atoms with Crippen molar-refractivity contribution in [3.8, 4) is 0 Å². The van der Waals surface area contributed by atoms with Gasteiger partial charge in [-0.3, -0.25) is 14.6 Å². The number of aromatic nitrogens is 1. The van der Waals surface area contributed by atoms with Crippen molar-refractivity contribution in [2.24, 2.45) is 5.73 Å². The predicted molar refractivity (Wildman–Crippen MR) is 82.3 cm³/mol. The minimum atomic E-state index is -0.356. The lowest BCUT2D eigenvalue weighted by molar-refractivity contribution is 0.0926. The highest BCUT2D eigenvalue weighted by Gasteiger charge is 2.36. The molecule has 6 heteroatoms. The van der Waals surface area contributed by atoms with Gasteiger partial charge in [-0.1, -0.05) is 24.4 Å². The third-order valence-electron chi connectivity index (χ3n) is 3.26. The van der Waals surface area contributed by atoms with Crippen LogP contribution in [-0.2, 0) is 6.42 Å². The highest BCUT2D eigenvalue weighted by molar-refractivity contribution is 7.80. The first-order valence-electron chi connectivity index (χ1n) is 6.28. The standard InChI is InChI=1S/C15H11N3O2S/c16-13(21)7-9-1-3-10(4-2-9)18-14(19)11-5-6-17-8-12(11)15(18)20/h1-6,8H,7H2,(H2,16,21). The molecule has 0 saturated heterocycles. The van der Waals surface area contributed by atoms with Crippen molar-refractivity contribution in [1.82, 2.24) is 4.98 Å². The average Bonchev–Trinajstić information content (AvgIpc) is 2.72. The van der Waals surface area contributed by atoms with Gasteiger partial charge < -0.3 is 5.73 Å². The van der Waals surface area contributed by atoms with E-state index in [4.69, 9.17) is 18.0 Å². The molecule has 1 aliphatic heterocycles. The van der Waals surface area contributed by atoms with E-state index in [1.54, 1.807) is 30.3 Å². The normalized spacial score (nSPS) is 13.4. The Bertz CT molecular complexity index is 721. The number of benzene rings is 1. The molecule has 0 spiro atoms. The van der Waals surface area contributed by atoms with Gasteiger partial charge in [-0.05, 0) is 23.8 Å². The van der Waals surface area contributed by atoms with Gasteiger partial charge in [0.05, 0.1) is 21.8 Å². The summed E-state index contributed by atoms with van der Waals surface area (Å²) < 4.78 is 0. The van der Waals surface area contributed by atoms with Crippen molar-refractivity contribution in [3.05, 3.63) is 59.4 Å². The van der Waals surface area contributed by atoms with Crippen LogP contribution in [0.15, 0.2) is 42.7 Å². The summed E-state index contributed by atoms with van der Waals surface area (Å²) in [5.41, 5.74) is 7.65. The van der Waals surface area contributed by atoms with E-state index < -0.39 is 0 Å². The molecule has 0 fully saturated rings. The molecule has 1 aromatic heterocycles. The molecule has 5 nitrogen and oxygen atoms in total. The number of fused-ring (bicyclic) bond motifs is 1. The molecule has 0 unspecified atom stereocenters. The molecule has 0 atom stereocenters. The van der Waals surface area contributed by atoms with Gasteiger partial charge in [0.1, 0.15) is 0 Å². The molecule has 3 rings (SSSR count). The van der Waals surface area contributed by atoms with Gasteiger partial charge in [0.2, 0.25) is 0 Å². The Morgan fingerprint density at radius 3 is 2.38 bits per heavy atom. The summed E-state index contributed by atoms with van der Waals surface area (Å²) in [6.45, 7) is 0. The molecule has 2 heterocycles. The molecule has 104 valence electrons. The molecular formula is C15H11N3O2S. The minimum absolute atomic E-state index is 0.328. The largest absolute Gasteiger partial charge is 0.393 e. The van der Waals surface area contributed by atoms with Crippen molar-refractivity contribution >= 4 is 34.7 Å². The zero-order valence-electron chi connectivity index (χ0n) is 10.9. The van der Waals surface area contributed by atoms with Gasteiger partial charge in [0, 0.05) is 18.8 Å². The van der Waals surface area contributed by atoms with Crippen molar-refractivity contribution < 1.29 is 9.59 Å². The van der Waals surface area contributed by atoms with Crippen LogP contribution in [0.2, 0.25) is 0 Å². The third kappa shape index (κ3) is 2.30. The van der Waals surface area contributed by atoms with E-state index in [0.29, 0.717) is 28.2 Å². The van der Waals surface area contributed by atoms with Crippen LogP contribution in [0.1, 0.15) is 26.3 Å². The fraction of sp³-hybridized carbons (Fsp3) is 0.0667. The second-order valence-electron chi connectivity index (χ2n) is 4.68. The van der Waals surface area contributed by atoms with Crippen LogP contribution in [0.4, 0.5) is 5.69 Å². The van der Waals surface area contributed by atoms with Crippen molar-refractivity contribution in [1.29, 1.82) is 0 Å². The Balaban J connectivity index is 1.94. The molecule has 2 N–H and O–H groups in total. The predicted octanol–water partition coefficient (Wildman–Crippen LogP) is 1.71. The second kappa shape index (κ2) is 5.06. The van der Waals surface area contributed by atoms with Gasteiger partial charge in [0.25, 0.3) is 11.8 Å². The fourth-order valence-corrected chi connectivity index (χ4v) is 2.45. The molecule has 1 aliphatic rings. The van der Waals surface area contributed by atoms with E-state index in [-0.39, 0.29) is 11.8 Å². The zero-order chi connectivity index (χ0) is 15.0. The first kappa shape index (κ1) is 13.4. The average molecular weight is 297 g/mol. The molecule has 0 bridgehead atoms. The second-order valence-corrected chi connectivity index (χ2v) is 5.20. The Hall–Kier alpha value is -2.60. The molecule has 2 amide bonds. The molecule has 0 aliphatic carbocycles. The van der Waals surface area contributed by atoms with Gasteiger partial charge in [-0.15, -0.1) is 0 Å². The molecule has 1 aromatic carbocycles. The van der Waals surface area contributed by atoms with E-state index in [2.05, 4.69) is 4.98 Å². The van der Waals surface area contributed by atoms with Gasteiger partial charge >= 0.3 is 0 Å². The summed E-state index contributed by atoms with van der Waals surface area (Å²) >= 11 is 4.85. The lowest BCUT2D eigenvalue weighted by Crippen LogP contribution is -2.29. The van der Waals surface area contributed by atoms with Crippen molar-refractivity contribution in [2.75, 3.05) is 4.90 Å². The number of nitrogens with two attached hydrogens (primary N) is 1. The maximum Gasteiger partial charge on any atom is 0.267 e. The summed E-state index contributed by atoms with van der Waals surface area (Å²) in [6, 6.07) is 8.58. The Labute approximate surface area is 126 Å². The Kier molecular flexibility index (Phi) is 3.23. The maximum atomic E-state index is 12.3. The summed E-state index contributed by atoms with van der Waals surface area (Å²) in [5, 5.41) is 0. The monoisotopic (exact) mass is 297 g/mol. The number of hydrogen-bond donors (Lipinski definition) is 1. The number of rotatable bonds is 3. The first-order chi connectivity index (χ1) is 10.1. The molecule has 2 aromatic rings. The fourth-order valence-electron chi connectivity index (χ4n) is 2.28. The summed E-state index contributed by atoms with van der Waals surface area (Å²) in [6.07, 6.45) is 3.40. The van der Waals surface area contributed by atoms with Crippen LogP contribution in [0.25, 0.3) is 0 Å². The number of pyridine rings is 1. The van der Waals surface area contributed by atoms with Crippen LogP contribution < -0.4 is 10.6 Å². The van der Waals surface area contributed by atoms with Crippen molar-refractivity contribution in [2.45, 2.75) is 6.42 Å². The van der Waals surface area contributed by atoms with Crippen LogP contribution >= 0.6 is 12.2 Å². The number of carbonyl (C=O) groups is 2. The van der Waals surface area contributed by atoms with Gasteiger partial charge in [-0.2, -0.15) is 0 Å². The van der Waals surface area contributed by atoms with E-state index in [0.717, 1.165) is 10.5 Å². The summed E-state index contributed by atoms with van der Waals surface area (Å²) in [7, 11) is 0. The minimum Gasteiger partial charge on any atom is -0.393 e. The lowest BCUT2D eigenvalue weighted by atomic mass is 10.1. The number of anilines is 1. The first-order valence-corrected chi connectivity index (χ1v) is 6.69. The molecule has 0 radical (unpaired) electrons. The van der Waals surface area contributed by atoms with E-state index in [9.17, 15) is 9.59 Å². The van der Waals surface area contributed by atoms with E-state index in [1.165, 1.54) is 12.4 Å². The number of carbonyl (C=O) groups excluding carboxylic acids is 2. The zero-order valence-corrected chi connectivity index (χ0v) is 11.8. The highest BCUT2D eigenvalue weighted by atomic mass is 32.1. The quantitative estimate of drug-likeness (QED) is 0.689. The Morgan fingerprint density at radius 2 is 1.76 bits per heavy atom. The Morgan fingerprint density at radius 1 is 1.10 bits per heavy atom.